The third-order valence-corrected chi connectivity index (χ3v) is 1.57. The van der Waals surface area contributed by atoms with Gasteiger partial charge in [-0.05, 0) is 0 Å². The molecule has 0 fully saturated rings. The zero-order chi connectivity index (χ0) is 8.97. The van der Waals surface area contributed by atoms with Crippen molar-refractivity contribution in [1.82, 2.24) is 10.1 Å². The van der Waals surface area contributed by atoms with Gasteiger partial charge < -0.3 is 15.0 Å². The molecule has 12 heavy (non-hydrogen) atoms. The average Bonchev–Trinajstić information content (AvgIpc) is 2.55. The van der Waals surface area contributed by atoms with Crippen LogP contribution in [0.15, 0.2) is 4.52 Å². The van der Waals surface area contributed by atoms with Crippen LogP contribution in [0.1, 0.15) is 24.7 Å². The van der Waals surface area contributed by atoms with Crippen LogP contribution in [-0.4, -0.2) is 23.8 Å². The van der Waals surface area contributed by atoms with Gasteiger partial charge in [-0.3, -0.25) is 0 Å². The number of aryl methyl sites for hydroxylation is 1. The Balaban J connectivity index is 2.72. The molecule has 0 spiro atoms. The zero-order valence-corrected chi connectivity index (χ0v) is 7.28. The van der Waals surface area contributed by atoms with Gasteiger partial charge in [-0.1, -0.05) is 12.1 Å². The number of rotatable bonds is 4. The van der Waals surface area contributed by atoms with E-state index in [1.807, 2.05) is 6.92 Å². The molecule has 0 saturated carbocycles. The Morgan fingerprint density at radius 2 is 2.42 bits per heavy atom. The fraction of sp³-hybridized carbons (Fsp3) is 0.714. The maximum Gasteiger partial charge on any atom is 0.257 e. The lowest BCUT2D eigenvalue weighted by Gasteiger charge is -2.05. The van der Waals surface area contributed by atoms with Crippen LogP contribution in [0.3, 0.4) is 0 Å². The van der Waals surface area contributed by atoms with E-state index in [2.05, 4.69) is 10.1 Å². The van der Waals surface area contributed by atoms with Crippen LogP contribution in [-0.2, 0) is 11.2 Å². The van der Waals surface area contributed by atoms with Gasteiger partial charge in [0, 0.05) is 20.1 Å². The predicted molar refractivity (Wildman–Crippen MR) is 42.5 cm³/mol. The molecule has 1 heterocycles. The maximum absolute atomic E-state index is 5.41. The molecule has 0 aliphatic rings. The van der Waals surface area contributed by atoms with E-state index in [4.69, 9.17) is 15.0 Å². The Bertz CT molecular complexity index is 232. The second-order valence-corrected chi connectivity index (χ2v) is 2.36. The summed E-state index contributed by atoms with van der Waals surface area (Å²) in [6.07, 6.45) is 0.475. The van der Waals surface area contributed by atoms with E-state index in [0.29, 0.717) is 18.3 Å². The number of hydrogen-bond acceptors (Lipinski definition) is 5. The van der Waals surface area contributed by atoms with Crippen LogP contribution in [0.4, 0.5) is 0 Å². The zero-order valence-electron chi connectivity index (χ0n) is 7.28. The fourth-order valence-corrected chi connectivity index (χ4v) is 0.840. The van der Waals surface area contributed by atoms with Crippen LogP contribution in [0.2, 0.25) is 0 Å². The summed E-state index contributed by atoms with van der Waals surface area (Å²) in [5, 5.41) is 3.73. The van der Waals surface area contributed by atoms with Gasteiger partial charge in [-0.15, -0.1) is 0 Å². The summed E-state index contributed by atoms with van der Waals surface area (Å²) in [5.74, 6) is 1.14. The highest BCUT2D eigenvalue weighted by Crippen LogP contribution is 2.12. The summed E-state index contributed by atoms with van der Waals surface area (Å²) < 4.78 is 9.96. The van der Waals surface area contributed by atoms with Crippen molar-refractivity contribution >= 4 is 0 Å². The highest BCUT2D eigenvalue weighted by Gasteiger charge is 2.15. The molecule has 0 radical (unpaired) electrons. The molecule has 68 valence electrons. The number of nitrogens with two attached hydrogens (primary N) is 1. The number of nitrogens with zero attached hydrogens (tertiary/aromatic N) is 2. The van der Waals surface area contributed by atoms with Crippen LogP contribution in [0, 0.1) is 0 Å². The molecular formula is C7H13N3O2. The smallest absolute Gasteiger partial charge is 0.257 e. The molecule has 0 bridgehead atoms. The van der Waals surface area contributed by atoms with Gasteiger partial charge in [0.1, 0.15) is 6.10 Å². The van der Waals surface area contributed by atoms with E-state index >= 15 is 0 Å². The van der Waals surface area contributed by atoms with E-state index in [9.17, 15) is 0 Å². The number of aromatic nitrogens is 2. The first-order valence-electron chi connectivity index (χ1n) is 3.87. The Hall–Kier alpha value is -0.940. The Kier molecular flexibility index (Phi) is 3.19. The van der Waals surface area contributed by atoms with Crippen molar-refractivity contribution in [3.05, 3.63) is 11.7 Å². The first-order valence-corrected chi connectivity index (χ1v) is 3.87. The van der Waals surface area contributed by atoms with E-state index < -0.39 is 0 Å². The molecule has 1 aromatic rings. The van der Waals surface area contributed by atoms with E-state index in [1.54, 1.807) is 7.11 Å². The molecule has 0 saturated heterocycles. The predicted octanol–water partition coefficient (Wildman–Crippen LogP) is 0.278. The fourth-order valence-electron chi connectivity index (χ4n) is 0.840. The summed E-state index contributed by atoms with van der Waals surface area (Å²) in [6, 6.07) is 0. The third-order valence-electron chi connectivity index (χ3n) is 1.57. The van der Waals surface area contributed by atoms with Gasteiger partial charge in [0.25, 0.3) is 5.89 Å². The molecule has 1 rings (SSSR count). The average molecular weight is 171 g/mol. The normalized spacial score (nSPS) is 13.2. The minimum Gasteiger partial charge on any atom is -0.370 e. The lowest BCUT2D eigenvalue weighted by molar-refractivity contribution is 0.0804. The Morgan fingerprint density at radius 3 is 2.83 bits per heavy atom. The molecular weight excluding hydrogens is 158 g/mol. The van der Waals surface area contributed by atoms with Crippen molar-refractivity contribution < 1.29 is 9.26 Å². The summed E-state index contributed by atoms with van der Waals surface area (Å²) in [5.41, 5.74) is 5.41. The monoisotopic (exact) mass is 171 g/mol. The van der Waals surface area contributed by atoms with Crippen LogP contribution in [0.5, 0.6) is 0 Å². The van der Waals surface area contributed by atoms with Crippen molar-refractivity contribution in [2.45, 2.75) is 19.4 Å². The van der Waals surface area contributed by atoms with Crippen molar-refractivity contribution in [2.75, 3.05) is 13.7 Å². The quantitative estimate of drug-likeness (QED) is 0.704. The number of methoxy groups -OCH3 is 1. The van der Waals surface area contributed by atoms with Crippen LogP contribution >= 0.6 is 0 Å². The van der Waals surface area contributed by atoms with Gasteiger partial charge in [0.15, 0.2) is 5.82 Å². The second-order valence-electron chi connectivity index (χ2n) is 2.36. The lowest BCUT2D eigenvalue weighted by atomic mass is 10.3. The summed E-state index contributed by atoms with van der Waals surface area (Å²) in [6.45, 7) is 2.31. The summed E-state index contributed by atoms with van der Waals surface area (Å²) in [7, 11) is 1.56. The largest absolute Gasteiger partial charge is 0.370 e. The first kappa shape index (κ1) is 9.15. The van der Waals surface area contributed by atoms with E-state index in [0.717, 1.165) is 6.42 Å². The molecule has 1 atom stereocenters. The molecule has 0 amide bonds. The minimum atomic E-state index is -0.280. The Labute approximate surface area is 70.9 Å². The standard InChI is InChI=1S/C7H13N3O2/c1-3-6-9-7(12-10-6)5(4-8)11-2/h5H,3-4,8H2,1-2H3. The lowest BCUT2D eigenvalue weighted by Crippen LogP contribution is -2.14. The molecule has 0 aliphatic carbocycles. The highest BCUT2D eigenvalue weighted by atomic mass is 16.5. The van der Waals surface area contributed by atoms with Gasteiger partial charge in [0.2, 0.25) is 0 Å². The number of hydrogen-bond donors (Lipinski definition) is 1. The van der Waals surface area contributed by atoms with E-state index in [-0.39, 0.29) is 6.10 Å². The molecule has 2 N–H and O–H groups in total. The van der Waals surface area contributed by atoms with Crippen molar-refractivity contribution in [3.63, 3.8) is 0 Å². The van der Waals surface area contributed by atoms with Gasteiger partial charge in [0.05, 0.1) is 0 Å². The van der Waals surface area contributed by atoms with Crippen molar-refractivity contribution in [1.29, 1.82) is 0 Å². The molecule has 0 aromatic carbocycles. The molecule has 1 aromatic heterocycles. The van der Waals surface area contributed by atoms with Crippen molar-refractivity contribution in [2.24, 2.45) is 5.73 Å². The minimum absolute atomic E-state index is 0.280. The molecule has 1 unspecified atom stereocenters. The van der Waals surface area contributed by atoms with Gasteiger partial charge in [-0.25, -0.2) is 0 Å². The number of ether oxygens (including phenoxy) is 1. The van der Waals surface area contributed by atoms with Crippen LogP contribution < -0.4 is 5.73 Å². The molecule has 0 aliphatic heterocycles. The first-order chi connectivity index (χ1) is 5.81. The third kappa shape index (κ3) is 1.80. The maximum atomic E-state index is 5.41. The molecule has 5 heteroatoms. The van der Waals surface area contributed by atoms with Crippen molar-refractivity contribution in [3.8, 4) is 0 Å². The topological polar surface area (TPSA) is 74.2 Å². The van der Waals surface area contributed by atoms with Crippen LogP contribution in [0.25, 0.3) is 0 Å². The van der Waals surface area contributed by atoms with Gasteiger partial charge >= 0.3 is 0 Å². The van der Waals surface area contributed by atoms with E-state index in [1.165, 1.54) is 0 Å². The molecule has 5 nitrogen and oxygen atoms in total. The highest BCUT2D eigenvalue weighted by molar-refractivity contribution is 4.90. The summed E-state index contributed by atoms with van der Waals surface area (Å²) >= 11 is 0. The summed E-state index contributed by atoms with van der Waals surface area (Å²) in [4.78, 5) is 4.09. The Morgan fingerprint density at radius 1 is 1.67 bits per heavy atom. The van der Waals surface area contributed by atoms with Gasteiger partial charge in [-0.2, -0.15) is 4.98 Å². The second kappa shape index (κ2) is 4.18. The SMILES string of the molecule is CCc1noc(C(CN)OC)n1.